The van der Waals surface area contributed by atoms with Gasteiger partial charge in [0.25, 0.3) is 0 Å². The van der Waals surface area contributed by atoms with E-state index in [1.807, 2.05) is 0 Å². The molecule has 0 saturated carbocycles. The maximum Gasteiger partial charge on any atom is -0.00196 e. The Bertz CT molecular complexity index is 802. The minimum Gasteiger partial charge on any atom is -0.0683 e. The molecule has 0 spiro atoms. The fraction of sp³-hybridized carbons (Fsp3) is 0.304. The fourth-order valence-electron chi connectivity index (χ4n) is 4.16. The van der Waals surface area contributed by atoms with Crippen LogP contribution in [0.1, 0.15) is 58.4 Å². The molecule has 0 radical (unpaired) electrons. The second-order valence-corrected chi connectivity index (χ2v) is 7.38. The molecule has 0 fully saturated rings. The van der Waals surface area contributed by atoms with Crippen molar-refractivity contribution in [2.24, 2.45) is 0 Å². The first-order valence-corrected chi connectivity index (χ1v) is 8.60. The first-order chi connectivity index (χ1) is 11.0. The lowest BCUT2D eigenvalue weighted by Gasteiger charge is -2.15. The molecule has 0 nitrogen and oxygen atoms in total. The van der Waals surface area contributed by atoms with Crippen LogP contribution in [0.3, 0.4) is 0 Å². The molecule has 2 aliphatic rings. The van der Waals surface area contributed by atoms with Gasteiger partial charge in [0.1, 0.15) is 0 Å². The SMILES string of the molecule is CC1=Cc2c(C)ccc(Cc3ccc(C)c4c3CC(C)=C4)c2C1. The Balaban J connectivity index is 1.76. The van der Waals surface area contributed by atoms with Gasteiger partial charge in [-0.2, -0.15) is 0 Å². The topological polar surface area (TPSA) is 0 Å². The molecule has 2 aromatic carbocycles. The van der Waals surface area contributed by atoms with Crippen LogP contribution in [0.5, 0.6) is 0 Å². The monoisotopic (exact) mass is 300 g/mol. The third-order valence-corrected chi connectivity index (χ3v) is 5.42. The number of rotatable bonds is 2. The van der Waals surface area contributed by atoms with Crippen LogP contribution in [0.25, 0.3) is 12.2 Å². The summed E-state index contributed by atoms with van der Waals surface area (Å²) in [6, 6.07) is 9.28. The van der Waals surface area contributed by atoms with E-state index in [1.54, 1.807) is 11.1 Å². The third kappa shape index (κ3) is 2.37. The summed E-state index contributed by atoms with van der Waals surface area (Å²) < 4.78 is 0. The molecule has 2 aliphatic carbocycles. The molecule has 23 heavy (non-hydrogen) atoms. The van der Waals surface area contributed by atoms with Crippen molar-refractivity contribution < 1.29 is 0 Å². The Labute approximate surface area is 139 Å². The highest BCUT2D eigenvalue weighted by atomic mass is 14.2. The van der Waals surface area contributed by atoms with Crippen molar-refractivity contribution in [3.8, 4) is 0 Å². The van der Waals surface area contributed by atoms with Crippen LogP contribution in [-0.4, -0.2) is 0 Å². The predicted octanol–water partition coefficient (Wildman–Crippen LogP) is 5.81. The van der Waals surface area contributed by atoms with Gasteiger partial charge in [0.15, 0.2) is 0 Å². The second kappa shape index (κ2) is 5.23. The van der Waals surface area contributed by atoms with Crippen LogP contribution in [0, 0.1) is 13.8 Å². The lowest BCUT2D eigenvalue weighted by atomic mass is 9.90. The van der Waals surface area contributed by atoms with E-state index >= 15 is 0 Å². The average Bonchev–Trinajstić information content (AvgIpc) is 3.08. The normalized spacial score (nSPS) is 15.3. The van der Waals surface area contributed by atoms with Crippen LogP contribution < -0.4 is 0 Å². The van der Waals surface area contributed by atoms with E-state index in [4.69, 9.17) is 0 Å². The minimum absolute atomic E-state index is 1.06. The summed E-state index contributed by atoms with van der Waals surface area (Å²) in [5.41, 5.74) is 14.9. The van der Waals surface area contributed by atoms with Gasteiger partial charge < -0.3 is 0 Å². The standard InChI is InChI=1S/C23H24/c1-14-9-20-16(3)5-7-18(22(20)11-14)13-19-8-6-17(4)21-10-15(2)12-23(19)21/h5-10H,11-13H2,1-4H3. The van der Waals surface area contributed by atoms with Gasteiger partial charge >= 0.3 is 0 Å². The summed E-state index contributed by atoms with van der Waals surface area (Å²) in [7, 11) is 0. The van der Waals surface area contributed by atoms with E-state index in [-0.39, 0.29) is 0 Å². The zero-order valence-electron chi connectivity index (χ0n) is 14.6. The number of benzene rings is 2. The van der Waals surface area contributed by atoms with E-state index < -0.39 is 0 Å². The molecule has 0 aromatic heterocycles. The molecule has 0 atom stereocenters. The highest BCUT2D eigenvalue weighted by Crippen LogP contribution is 2.35. The molecule has 0 N–H and O–H groups in total. The van der Waals surface area contributed by atoms with Crippen LogP contribution in [0.15, 0.2) is 35.4 Å². The molecule has 0 heteroatoms. The molecule has 116 valence electrons. The summed E-state index contributed by atoms with van der Waals surface area (Å²) in [5.74, 6) is 0. The van der Waals surface area contributed by atoms with E-state index in [9.17, 15) is 0 Å². The summed E-state index contributed by atoms with van der Waals surface area (Å²) in [4.78, 5) is 0. The first-order valence-electron chi connectivity index (χ1n) is 8.60. The van der Waals surface area contributed by atoms with Gasteiger partial charge in [0.2, 0.25) is 0 Å². The van der Waals surface area contributed by atoms with E-state index in [0.717, 1.165) is 19.3 Å². The summed E-state index contributed by atoms with van der Waals surface area (Å²) >= 11 is 0. The molecule has 0 aliphatic heterocycles. The molecule has 0 heterocycles. The van der Waals surface area contributed by atoms with Crippen molar-refractivity contribution in [3.05, 3.63) is 79.9 Å². The van der Waals surface area contributed by atoms with Crippen LogP contribution in [-0.2, 0) is 19.3 Å². The zero-order valence-corrected chi connectivity index (χ0v) is 14.6. The van der Waals surface area contributed by atoms with Gasteiger partial charge in [-0.15, -0.1) is 0 Å². The molecule has 4 rings (SSSR count). The van der Waals surface area contributed by atoms with Crippen LogP contribution in [0.4, 0.5) is 0 Å². The zero-order chi connectivity index (χ0) is 16.1. The molecular weight excluding hydrogens is 276 g/mol. The van der Waals surface area contributed by atoms with Crippen LogP contribution in [0.2, 0.25) is 0 Å². The number of hydrogen-bond acceptors (Lipinski definition) is 0. The highest BCUT2D eigenvalue weighted by Gasteiger charge is 2.19. The highest BCUT2D eigenvalue weighted by molar-refractivity contribution is 5.70. The van der Waals surface area contributed by atoms with Crippen molar-refractivity contribution >= 4 is 12.2 Å². The van der Waals surface area contributed by atoms with Gasteiger partial charge in [-0.1, -0.05) is 47.6 Å². The van der Waals surface area contributed by atoms with Gasteiger partial charge in [-0.25, -0.2) is 0 Å². The van der Waals surface area contributed by atoms with Crippen molar-refractivity contribution in [2.75, 3.05) is 0 Å². The van der Waals surface area contributed by atoms with Gasteiger partial charge in [0, 0.05) is 0 Å². The molecular formula is C23H24. The Morgan fingerprint density at radius 2 is 1.09 bits per heavy atom. The number of allylic oxidation sites excluding steroid dienone is 2. The molecule has 0 unspecified atom stereocenters. The number of aryl methyl sites for hydroxylation is 2. The van der Waals surface area contributed by atoms with Crippen molar-refractivity contribution in [3.63, 3.8) is 0 Å². The quantitative estimate of drug-likeness (QED) is 0.656. The van der Waals surface area contributed by atoms with Gasteiger partial charge in [0.05, 0.1) is 0 Å². The van der Waals surface area contributed by atoms with Crippen molar-refractivity contribution in [1.29, 1.82) is 0 Å². The largest absolute Gasteiger partial charge is 0.0683 e. The third-order valence-electron chi connectivity index (χ3n) is 5.42. The van der Waals surface area contributed by atoms with E-state index in [2.05, 4.69) is 64.1 Å². The Morgan fingerprint density at radius 3 is 1.52 bits per heavy atom. The van der Waals surface area contributed by atoms with Crippen molar-refractivity contribution in [1.82, 2.24) is 0 Å². The van der Waals surface area contributed by atoms with Crippen molar-refractivity contribution in [2.45, 2.75) is 47.0 Å². The number of hydrogen-bond donors (Lipinski definition) is 0. The smallest absolute Gasteiger partial charge is 0.00196 e. The van der Waals surface area contributed by atoms with Gasteiger partial charge in [-0.05, 0) is 91.5 Å². The molecule has 2 aromatic rings. The fourth-order valence-corrected chi connectivity index (χ4v) is 4.16. The lowest BCUT2D eigenvalue weighted by Crippen LogP contribution is -2.01. The van der Waals surface area contributed by atoms with E-state index in [0.29, 0.717) is 0 Å². The summed E-state index contributed by atoms with van der Waals surface area (Å²) in [6.45, 7) is 8.96. The lowest BCUT2D eigenvalue weighted by molar-refractivity contribution is 1.05. The maximum absolute atomic E-state index is 2.37. The Hall–Kier alpha value is -2.08. The Morgan fingerprint density at radius 1 is 0.652 bits per heavy atom. The first kappa shape index (κ1) is 14.5. The molecule has 0 bridgehead atoms. The molecule has 0 amide bonds. The molecule has 0 saturated heterocycles. The summed E-state index contributed by atoms with van der Waals surface area (Å²) in [5, 5.41) is 0. The van der Waals surface area contributed by atoms with Crippen LogP contribution >= 0.6 is 0 Å². The summed E-state index contributed by atoms with van der Waals surface area (Å²) in [6.07, 6.45) is 8.06. The second-order valence-electron chi connectivity index (χ2n) is 7.38. The van der Waals surface area contributed by atoms with E-state index in [1.165, 1.54) is 44.5 Å². The average molecular weight is 300 g/mol. The Kier molecular flexibility index (Phi) is 3.30. The number of fused-ring (bicyclic) bond motifs is 2. The minimum atomic E-state index is 1.06. The predicted molar refractivity (Wildman–Crippen MR) is 99.9 cm³/mol. The van der Waals surface area contributed by atoms with Gasteiger partial charge in [-0.3, -0.25) is 0 Å². The maximum atomic E-state index is 2.37.